The molecule has 1 rings (SSSR count). The van der Waals surface area contributed by atoms with E-state index in [0.717, 1.165) is 6.42 Å². The SMILES string of the molecule is NCCC1C=CCC(=O)C1. The summed E-state index contributed by atoms with van der Waals surface area (Å²) >= 11 is 0. The molecule has 0 saturated heterocycles. The predicted molar refractivity (Wildman–Crippen MR) is 40.5 cm³/mol. The van der Waals surface area contributed by atoms with Gasteiger partial charge >= 0.3 is 0 Å². The monoisotopic (exact) mass is 139 g/mol. The van der Waals surface area contributed by atoms with Gasteiger partial charge in [0.05, 0.1) is 0 Å². The number of nitrogens with two attached hydrogens (primary N) is 1. The lowest BCUT2D eigenvalue weighted by atomic mass is 9.92. The molecule has 1 unspecified atom stereocenters. The molecule has 2 N–H and O–H groups in total. The first-order valence-corrected chi connectivity index (χ1v) is 3.71. The summed E-state index contributed by atoms with van der Waals surface area (Å²) in [6.45, 7) is 0.683. The maximum Gasteiger partial charge on any atom is 0.137 e. The van der Waals surface area contributed by atoms with Gasteiger partial charge in [-0.3, -0.25) is 4.79 Å². The van der Waals surface area contributed by atoms with Gasteiger partial charge in [-0.1, -0.05) is 12.2 Å². The van der Waals surface area contributed by atoms with Gasteiger partial charge in [0.15, 0.2) is 0 Å². The molecule has 0 aromatic heterocycles. The first kappa shape index (κ1) is 7.48. The number of ketones is 1. The lowest BCUT2D eigenvalue weighted by molar-refractivity contribution is -0.119. The van der Waals surface area contributed by atoms with Gasteiger partial charge in [-0.05, 0) is 18.9 Å². The number of carbonyl (C=O) groups excluding carboxylic acids is 1. The predicted octanol–water partition coefficient (Wildman–Crippen LogP) is 0.871. The highest BCUT2D eigenvalue weighted by molar-refractivity contribution is 5.81. The Morgan fingerprint density at radius 3 is 3.10 bits per heavy atom. The molecule has 2 heteroatoms. The molecule has 0 aliphatic heterocycles. The number of hydrogen-bond donors (Lipinski definition) is 1. The third-order valence-corrected chi connectivity index (χ3v) is 1.78. The third-order valence-electron chi connectivity index (χ3n) is 1.78. The Hall–Kier alpha value is -0.630. The van der Waals surface area contributed by atoms with Crippen LogP contribution in [-0.2, 0) is 4.79 Å². The van der Waals surface area contributed by atoms with Crippen LogP contribution in [0.15, 0.2) is 12.2 Å². The minimum atomic E-state index is 0.348. The summed E-state index contributed by atoms with van der Waals surface area (Å²) in [5.41, 5.74) is 5.36. The van der Waals surface area contributed by atoms with Crippen molar-refractivity contribution in [3.05, 3.63) is 12.2 Å². The van der Waals surface area contributed by atoms with Gasteiger partial charge in [0.2, 0.25) is 0 Å². The van der Waals surface area contributed by atoms with Crippen LogP contribution in [0.5, 0.6) is 0 Å². The second-order valence-electron chi connectivity index (χ2n) is 2.71. The van der Waals surface area contributed by atoms with Gasteiger partial charge in [-0.25, -0.2) is 0 Å². The van der Waals surface area contributed by atoms with Crippen molar-refractivity contribution in [1.82, 2.24) is 0 Å². The molecule has 0 aromatic rings. The lowest BCUT2D eigenvalue weighted by Crippen LogP contribution is -2.14. The Kier molecular flexibility index (Phi) is 2.63. The van der Waals surface area contributed by atoms with E-state index in [1.54, 1.807) is 0 Å². The molecule has 1 aliphatic carbocycles. The molecule has 0 spiro atoms. The first-order valence-electron chi connectivity index (χ1n) is 3.71. The fraction of sp³-hybridized carbons (Fsp3) is 0.625. The standard InChI is InChI=1S/C8H13NO/c9-5-4-7-2-1-3-8(10)6-7/h1-2,7H,3-6,9H2. The molecule has 2 nitrogen and oxygen atoms in total. The van der Waals surface area contributed by atoms with Crippen LogP contribution in [-0.4, -0.2) is 12.3 Å². The highest BCUT2D eigenvalue weighted by atomic mass is 16.1. The van der Waals surface area contributed by atoms with Crippen LogP contribution in [0.3, 0.4) is 0 Å². The van der Waals surface area contributed by atoms with E-state index in [2.05, 4.69) is 6.08 Å². The molecule has 0 radical (unpaired) electrons. The van der Waals surface area contributed by atoms with E-state index in [1.807, 2.05) is 6.08 Å². The van der Waals surface area contributed by atoms with Crippen molar-refractivity contribution >= 4 is 5.78 Å². The van der Waals surface area contributed by atoms with E-state index < -0.39 is 0 Å². The molecule has 0 aromatic carbocycles. The largest absolute Gasteiger partial charge is 0.330 e. The van der Waals surface area contributed by atoms with Crippen molar-refractivity contribution in [3.63, 3.8) is 0 Å². The van der Waals surface area contributed by atoms with Crippen LogP contribution < -0.4 is 5.73 Å². The molecular weight excluding hydrogens is 126 g/mol. The zero-order chi connectivity index (χ0) is 7.40. The van der Waals surface area contributed by atoms with E-state index >= 15 is 0 Å². The van der Waals surface area contributed by atoms with Gasteiger partial charge in [0, 0.05) is 12.8 Å². The van der Waals surface area contributed by atoms with E-state index in [0.29, 0.717) is 31.1 Å². The topological polar surface area (TPSA) is 43.1 Å². The van der Waals surface area contributed by atoms with Gasteiger partial charge in [-0.15, -0.1) is 0 Å². The molecule has 1 aliphatic rings. The Morgan fingerprint density at radius 1 is 1.70 bits per heavy atom. The van der Waals surface area contributed by atoms with Crippen molar-refractivity contribution in [2.24, 2.45) is 11.7 Å². The molecule has 10 heavy (non-hydrogen) atoms. The first-order chi connectivity index (χ1) is 4.83. The van der Waals surface area contributed by atoms with Crippen LogP contribution in [0.1, 0.15) is 19.3 Å². The summed E-state index contributed by atoms with van der Waals surface area (Å²) in [7, 11) is 0. The van der Waals surface area contributed by atoms with E-state index in [-0.39, 0.29) is 0 Å². The van der Waals surface area contributed by atoms with Gasteiger partial charge in [-0.2, -0.15) is 0 Å². The minimum absolute atomic E-state index is 0.348. The number of carbonyl (C=O) groups is 1. The van der Waals surface area contributed by atoms with Crippen LogP contribution in [0.2, 0.25) is 0 Å². The molecule has 0 bridgehead atoms. The molecule has 0 amide bonds. The van der Waals surface area contributed by atoms with Gasteiger partial charge in [0.1, 0.15) is 5.78 Å². The number of Topliss-reactive ketones (excluding diaryl/α,β-unsaturated/α-hetero) is 1. The number of allylic oxidation sites excluding steroid dienone is 2. The van der Waals surface area contributed by atoms with Crippen molar-refractivity contribution < 1.29 is 4.79 Å². The fourth-order valence-corrected chi connectivity index (χ4v) is 1.25. The van der Waals surface area contributed by atoms with Crippen molar-refractivity contribution in [2.45, 2.75) is 19.3 Å². The van der Waals surface area contributed by atoms with Crippen LogP contribution in [0, 0.1) is 5.92 Å². The van der Waals surface area contributed by atoms with Crippen molar-refractivity contribution in [2.75, 3.05) is 6.54 Å². The summed E-state index contributed by atoms with van der Waals surface area (Å²) in [6.07, 6.45) is 6.33. The van der Waals surface area contributed by atoms with Crippen molar-refractivity contribution in [3.8, 4) is 0 Å². The highest BCUT2D eigenvalue weighted by Gasteiger charge is 2.12. The van der Waals surface area contributed by atoms with Gasteiger partial charge in [0.25, 0.3) is 0 Å². The molecule has 0 heterocycles. The Bertz CT molecular complexity index is 151. The van der Waals surface area contributed by atoms with Crippen LogP contribution in [0.4, 0.5) is 0 Å². The second-order valence-corrected chi connectivity index (χ2v) is 2.71. The van der Waals surface area contributed by atoms with Crippen LogP contribution >= 0.6 is 0 Å². The van der Waals surface area contributed by atoms with E-state index in [1.165, 1.54) is 0 Å². The highest BCUT2D eigenvalue weighted by Crippen LogP contribution is 2.16. The quantitative estimate of drug-likeness (QED) is 0.577. The summed E-state index contributed by atoms with van der Waals surface area (Å²) < 4.78 is 0. The van der Waals surface area contributed by atoms with Crippen LogP contribution in [0.25, 0.3) is 0 Å². The molecule has 56 valence electrons. The molecular formula is C8H13NO. The Morgan fingerprint density at radius 2 is 2.50 bits per heavy atom. The van der Waals surface area contributed by atoms with E-state index in [9.17, 15) is 4.79 Å². The smallest absolute Gasteiger partial charge is 0.137 e. The maximum absolute atomic E-state index is 10.9. The number of rotatable bonds is 2. The second kappa shape index (κ2) is 3.52. The van der Waals surface area contributed by atoms with Crippen molar-refractivity contribution in [1.29, 1.82) is 0 Å². The van der Waals surface area contributed by atoms with Gasteiger partial charge < -0.3 is 5.73 Å². The Labute approximate surface area is 61.1 Å². The molecule has 0 fully saturated rings. The zero-order valence-corrected chi connectivity index (χ0v) is 6.05. The zero-order valence-electron chi connectivity index (χ0n) is 6.05. The molecule has 1 atom stereocenters. The summed E-state index contributed by atoms with van der Waals surface area (Å²) in [6, 6.07) is 0. The normalized spacial score (nSPS) is 25.3. The number of hydrogen-bond acceptors (Lipinski definition) is 2. The Balaban J connectivity index is 2.39. The lowest BCUT2D eigenvalue weighted by Gasteiger charge is -2.13. The summed E-state index contributed by atoms with van der Waals surface area (Å²) in [5, 5.41) is 0. The summed E-state index contributed by atoms with van der Waals surface area (Å²) in [5.74, 6) is 0.771. The fourth-order valence-electron chi connectivity index (χ4n) is 1.25. The van der Waals surface area contributed by atoms with E-state index in [4.69, 9.17) is 5.73 Å². The maximum atomic E-state index is 10.9. The minimum Gasteiger partial charge on any atom is -0.330 e. The summed E-state index contributed by atoms with van der Waals surface area (Å²) in [4.78, 5) is 10.9. The molecule has 0 saturated carbocycles. The average molecular weight is 139 g/mol. The third kappa shape index (κ3) is 1.95. The average Bonchev–Trinajstić information content (AvgIpc) is 1.88.